The first-order valence-corrected chi connectivity index (χ1v) is 6.39. The van der Waals surface area contributed by atoms with Crippen molar-refractivity contribution >= 4 is 12.0 Å². The number of carbonyl (C=O) groups is 2. The second-order valence-electron chi connectivity index (χ2n) is 4.84. The largest absolute Gasteiger partial charge is 0.481 e. The maximum Gasteiger partial charge on any atom is 0.320 e. The Morgan fingerprint density at radius 3 is 2.68 bits per heavy atom. The molecule has 2 amide bonds. The molecule has 7 nitrogen and oxygen atoms in total. The SMILES string of the molecule is N#CC1CN(C(=O)N2CCCC(C(=O)O)C2)CCO1. The van der Waals surface area contributed by atoms with E-state index in [9.17, 15) is 9.59 Å². The number of carbonyl (C=O) groups excluding carboxylic acids is 1. The highest BCUT2D eigenvalue weighted by atomic mass is 16.5. The van der Waals surface area contributed by atoms with Gasteiger partial charge in [-0.05, 0) is 12.8 Å². The summed E-state index contributed by atoms with van der Waals surface area (Å²) >= 11 is 0. The highest BCUT2D eigenvalue weighted by Gasteiger charge is 2.32. The predicted octanol–water partition coefficient (Wildman–Crippen LogP) is 0.127. The molecule has 0 bridgehead atoms. The monoisotopic (exact) mass is 267 g/mol. The molecule has 2 aliphatic heterocycles. The van der Waals surface area contributed by atoms with Crippen molar-refractivity contribution in [2.45, 2.75) is 18.9 Å². The molecule has 2 aliphatic rings. The molecule has 19 heavy (non-hydrogen) atoms. The topological polar surface area (TPSA) is 93.9 Å². The molecular formula is C12H17N3O4. The molecule has 0 aromatic heterocycles. The molecule has 2 heterocycles. The number of carboxylic acid groups (broad SMARTS) is 1. The average Bonchev–Trinajstić information content (AvgIpc) is 2.46. The molecule has 1 N–H and O–H groups in total. The van der Waals surface area contributed by atoms with Gasteiger partial charge in [0.15, 0.2) is 6.10 Å². The Hall–Kier alpha value is -1.81. The number of hydrogen-bond acceptors (Lipinski definition) is 4. The van der Waals surface area contributed by atoms with Crippen LogP contribution < -0.4 is 0 Å². The van der Waals surface area contributed by atoms with Gasteiger partial charge in [-0.2, -0.15) is 5.26 Å². The third-order valence-corrected chi connectivity index (χ3v) is 3.52. The Balaban J connectivity index is 1.95. The van der Waals surface area contributed by atoms with Crippen LogP contribution in [0.4, 0.5) is 4.79 Å². The van der Waals surface area contributed by atoms with Crippen LogP contribution in [0.25, 0.3) is 0 Å². The molecule has 2 rings (SSSR count). The number of ether oxygens (including phenoxy) is 1. The van der Waals surface area contributed by atoms with Gasteiger partial charge in [-0.1, -0.05) is 0 Å². The van der Waals surface area contributed by atoms with Gasteiger partial charge in [0.1, 0.15) is 0 Å². The van der Waals surface area contributed by atoms with E-state index in [1.165, 1.54) is 0 Å². The lowest BCUT2D eigenvalue weighted by atomic mass is 9.98. The van der Waals surface area contributed by atoms with Gasteiger partial charge in [-0.15, -0.1) is 0 Å². The van der Waals surface area contributed by atoms with Gasteiger partial charge < -0.3 is 19.6 Å². The van der Waals surface area contributed by atoms with Crippen molar-refractivity contribution in [1.82, 2.24) is 9.80 Å². The molecule has 7 heteroatoms. The number of aliphatic carboxylic acids is 1. The Labute approximate surface area is 111 Å². The molecule has 0 aromatic rings. The second-order valence-corrected chi connectivity index (χ2v) is 4.84. The van der Waals surface area contributed by atoms with Gasteiger partial charge in [-0.25, -0.2) is 4.79 Å². The van der Waals surface area contributed by atoms with Gasteiger partial charge in [0.25, 0.3) is 0 Å². The van der Waals surface area contributed by atoms with E-state index in [1.807, 2.05) is 6.07 Å². The number of morpholine rings is 1. The van der Waals surface area contributed by atoms with Crippen LogP contribution in [0, 0.1) is 17.2 Å². The van der Waals surface area contributed by atoms with E-state index in [4.69, 9.17) is 15.1 Å². The molecule has 0 aromatic carbocycles. The summed E-state index contributed by atoms with van der Waals surface area (Å²) in [5.41, 5.74) is 0. The number of nitriles is 1. The fourth-order valence-corrected chi connectivity index (χ4v) is 2.45. The van der Waals surface area contributed by atoms with E-state index < -0.39 is 18.0 Å². The number of nitrogens with zero attached hydrogens (tertiary/aromatic N) is 3. The van der Waals surface area contributed by atoms with Gasteiger partial charge in [-0.3, -0.25) is 4.79 Å². The summed E-state index contributed by atoms with van der Waals surface area (Å²) in [5, 5.41) is 17.8. The fourth-order valence-electron chi connectivity index (χ4n) is 2.45. The van der Waals surface area contributed by atoms with Gasteiger partial charge in [0, 0.05) is 19.6 Å². The summed E-state index contributed by atoms with van der Waals surface area (Å²) in [6, 6.07) is 1.80. The van der Waals surface area contributed by atoms with Gasteiger partial charge in [0.05, 0.1) is 25.1 Å². The van der Waals surface area contributed by atoms with Crippen molar-refractivity contribution in [3.05, 3.63) is 0 Å². The second kappa shape index (κ2) is 5.89. The lowest BCUT2D eigenvalue weighted by Gasteiger charge is -2.37. The summed E-state index contributed by atoms with van der Waals surface area (Å²) in [6.45, 7) is 1.88. The zero-order chi connectivity index (χ0) is 13.8. The molecular weight excluding hydrogens is 250 g/mol. The molecule has 0 radical (unpaired) electrons. The Morgan fingerprint density at radius 1 is 1.26 bits per heavy atom. The molecule has 0 aliphatic carbocycles. The van der Waals surface area contributed by atoms with E-state index in [0.29, 0.717) is 32.5 Å². The minimum absolute atomic E-state index is 0.186. The number of hydrogen-bond donors (Lipinski definition) is 1. The summed E-state index contributed by atoms with van der Waals surface area (Å²) < 4.78 is 5.19. The van der Waals surface area contributed by atoms with Crippen molar-refractivity contribution < 1.29 is 19.4 Å². The van der Waals surface area contributed by atoms with E-state index in [2.05, 4.69) is 0 Å². The van der Waals surface area contributed by atoms with Crippen molar-refractivity contribution in [3.63, 3.8) is 0 Å². The maximum atomic E-state index is 12.3. The number of amides is 2. The van der Waals surface area contributed by atoms with Gasteiger partial charge >= 0.3 is 12.0 Å². The molecule has 0 spiro atoms. The lowest BCUT2D eigenvalue weighted by Crippen LogP contribution is -2.53. The standard InChI is InChI=1S/C12H17N3O4/c13-6-10-8-15(4-5-19-10)12(18)14-3-1-2-9(7-14)11(16)17/h9-10H,1-5,7-8H2,(H,16,17). The molecule has 2 atom stereocenters. The lowest BCUT2D eigenvalue weighted by molar-refractivity contribution is -0.143. The first kappa shape index (κ1) is 13.6. The van der Waals surface area contributed by atoms with Crippen LogP contribution >= 0.6 is 0 Å². The first-order chi connectivity index (χ1) is 9.11. The van der Waals surface area contributed by atoms with Crippen LogP contribution in [0.1, 0.15) is 12.8 Å². The number of piperidine rings is 1. The predicted molar refractivity (Wildman–Crippen MR) is 64.3 cm³/mol. The zero-order valence-electron chi connectivity index (χ0n) is 10.6. The highest BCUT2D eigenvalue weighted by molar-refractivity contribution is 5.76. The maximum absolute atomic E-state index is 12.3. The smallest absolute Gasteiger partial charge is 0.320 e. The first-order valence-electron chi connectivity index (χ1n) is 6.39. The molecule has 104 valence electrons. The van der Waals surface area contributed by atoms with Crippen molar-refractivity contribution in [3.8, 4) is 6.07 Å². The number of rotatable bonds is 1. The van der Waals surface area contributed by atoms with Crippen LogP contribution in [0.5, 0.6) is 0 Å². The molecule has 2 saturated heterocycles. The van der Waals surface area contributed by atoms with E-state index in [1.54, 1.807) is 9.80 Å². The van der Waals surface area contributed by atoms with E-state index in [-0.39, 0.29) is 19.1 Å². The van der Waals surface area contributed by atoms with Crippen molar-refractivity contribution in [2.24, 2.45) is 5.92 Å². The third kappa shape index (κ3) is 3.15. The summed E-state index contributed by atoms with van der Waals surface area (Å²) in [4.78, 5) is 26.4. The van der Waals surface area contributed by atoms with Crippen LogP contribution in [0.3, 0.4) is 0 Å². The normalized spacial score (nSPS) is 27.7. The van der Waals surface area contributed by atoms with Gasteiger partial charge in [0.2, 0.25) is 0 Å². The molecule has 0 saturated carbocycles. The van der Waals surface area contributed by atoms with Crippen molar-refractivity contribution in [1.29, 1.82) is 5.26 Å². The minimum atomic E-state index is -0.852. The molecule has 2 unspecified atom stereocenters. The Kier molecular flexibility index (Phi) is 4.22. The van der Waals surface area contributed by atoms with Crippen LogP contribution in [-0.4, -0.2) is 65.8 Å². The van der Waals surface area contributed by atoms with Crippen LogP contribution in [0.15, 0.2) is 0 Å². The summed E-state index contributed by atoms with van der Waals surface area (Å²) in [5.74, 6) is -1.33. The van der Waals surface area contributed by atoms with E-state index in [0.717, 1.165) is 0 Å². The fraction of sp³-hybridized carbons (Fsp3) is 0.750. The zero-order valence-corrected chi connectivity index (χ0v) is 10.6. The summed E-state index contributed by atoms with van der Waals surface area (Å²) in [6.07, 6.45) is 0.732. The average molecular weight is 267 g/mol. The number of carboxylic acids is 1. The molecule has 2 fully saturated rings. The van der Waals surface area contributed by atoms with Crippen molar-refractivity contribution in [2.75, 3.05) is 32.8 Å². The Bertz CT molecular complexity index is 406. The van der Waals surface area contributed by atoms with E-state index >= 15 is 0 Å². The highest BCUT2D eigenvalue weighted by Crippen LogP contribution is 2.19. The summed E-state index contributed by atoms with van der Waals surface area (Å²) in [7, 11) is 0. The quantitative estimate of drug-likeness (QED) is 0.728. The third-order valence-electron chi connectivity index (χ3n) is 3.52. The minimum Gasteiger partial charge on any atom is -0.481 e. The number of urea groups is 1. The van der Waals surface area contributed by atoms with Crippen LogP contribution in [0.2, 0.25) is 0 Å². The Morgan fingerprint density at radius 2 is 2.00 bits per heavy atom. The van der Waals surface area contributed by atoms with Crippen LogP contribution in [-0.2, 0) is 9.53 Å². The number of likely N-dealkylation sites (tertiary alicyclic amines) is 1.